The van der Waals surface area contributed by atoms with E-state index >= 15 is 0 Å². The Morgan fingerprint density at radius 2 is 1.88 bits per heavy atom. The van der Waals surface area contributed by atoms with Crippen molar-refractivity contribution in [1.82, 2.24) is 15.5 Å². The third-order valence-corrected chi connectivity index (χ3v) is 3.82. The Labute approximate surface area is 141 Å². The lowest BCUT2D eigenvalue weighted by atomic mass is 10.1. The summed E-state index contributed by atoms with van der Waals surface area (Å²) in [5, 5.41) is 12.9. The van der Waals surface area contributed by atoms with Gasteiger partial charge in [0.05, 0.1) is 29.0 Å². The Morgan fingerprint density at radius 1 is 1.16 bits per heavy atom. The number of alkyl halides is 3. The number of carbonyl (C=O) groups is 1. The summed E-state index contributed by atoms with van der Waals surface area (Å²) in [5.41, 5.74) is 1.22. The number of hydrogen-bond acceptors (Lipinski definition) is 2. The lowest BCUT2D eigenvalue weighted by Crippen LogP contribution is -2.31. The van der Waals surface area contributed by atoms with E-state index in [2.05, 4.69) is 20.8 Å². The second-order valence-electron chi connectivity index (χ2n) is 5.58. The number of H-pyrrole nitrogens is 1. The molecule has 0 unspecified atom stereocenters. The lowest BCUT2D eigenvalue weighted by molar-refractivity contribution is -0.137. The largest absolute Gasteiger partial charge is 0.416 e. The molecular formula is C17H15F3N4O. The highest BCUT2D eigenvalue weighted by Gasteiger charge is 2.30. The van der Waals surface area contributed by atoms with Gasteiger partial charge in [-0.25, -0.2) is 4.79 Å². The molecule has 2 aromatic carbocycles. The minimum absolute atomic E-state index is 0.453. The van der Waals surface area contributed by atoms with Gasteiger partial charge < -0.3 is 10.6 Å². The summed E-state index contributed by atoms with van der Waals surface area (Å²) >= 11 is 0. The van der Waals surface area contributed by atoms with Crippen molar-refractivity contribution >= 4 is 22.6 Å². The van der Waals surface area contributed by atoms with Gasteiger partial charge in [-0.15, -0.1) is 0 Å². The van der Waals surface area contributed by atoms with Crippen LogP contribution in [0, 0.1) is 0 Å². The first-order valence-electron chi connectivity index (χ1n) is 7.51. The Bertz CT molecular complexity index is 887. The number of halogens is 3. The molecule has 130 valence electrons. The van der Waals surface area contributed by atoms with Gasteiger partial charge in [0, 0.05) is 5.39 Å². The third-order valence-electron chi connectivity index (χ3n) is 3.82. The van der Waals surface area contributed by atoms with Gasteiger partial charge in [-0.1, -0.05) is 18.2 Å². The van der Waals surface area contributed by atoms with E-state index in [0.717, 1.165) is 23.0 Å². The van der Waals surface area contributed by atoms with E-state index < -0.39 is 23.8 Å². The highest BCUT2D eigenvalue weighted by Crippen LogP contribution is 2.30. The zero-order valence-electron chi connectivity index (χ0n) is 13.2. The highest BCUT2D eigenvalue weighted by atomic mass is 19.4. The SMILES string of the molecule is C[C@H](NC(=O)Nc1cccc2[nH]ncc12)c1ccc(C(F)(F)F)cc1. The number of nitrogens with zero attached hydrogens (tertiary/aromatic N) is 1. The summed E-state index contributed by atoms with van der Waals surface area (Å²) in [7, 11) is 0. The number of amides is 2. The zero-order chi connectivity index (χ0) is 18.0. The topological polar surface area (TPSA) is 69.8 Å². The van der Waals surface area contributed by atoms with Gasteiger partial charge in [-0.2, -0.15) is 18.3 Å². The van der Waals surface area contributed by atoms with Crippen molar-refractivity contribution in [3.05, 3.63) is 59.8 Å². The maximum Gasteiger partial charge on any atom is 0.416 e. The maximum atomic E-state index is 12.6. The maximum absolute atomic E-state index is 12.6. The number of nitrogens with one attached hydrogen (secondary N) is 3. The molecule has 0 aliphatic rings. The molecule has 1 heterocycles. The number of aromatic nitrogens is 2. The Morgan fingerprint density at radius 3 is 2.56 bits per heavy atom. The summed E-state index contributed by atoms with van der Waals surface area (Å²) in [5.74, 6) is 0. The van der Waals surface area contributed by atoms with Crippen LogP contribution in [0.3, 0.4) is 0 Å². The highest BCUT2D eigenvalue weighted by molar-refractivity contribution is 6.00. The van der Waals surface area contributed by atoms with Crippen LogP contribution in [0.15, 0.2) is 48.7 Å². The van der Waals surface area contributed by atoms with Gasteiger partial charge in [0.15, 0.2) is 0 Å². The fourth-order valence-corrected chi connectivity index (χ4v) is 2.48. The molecule has 0 fully saturated rings. The average Bonchev–Trinajstić information content (AvgIpc) is 3.04. The monoisotopic (exact) mass is 348 g/mol. The van der Waals surface area contributed by atoms with Gasteiger partial charge in [0.2, 0.25) is 0 Å². The van der Waals surface area contributed by atoms with E-state index in [9.17, 15) is 18.0 Å². The van der Waals surface area contributed by atoms with Crippen LogP contribution in [-0.4, -0.2) is 16.2 Å². The van der Waals surface area contributed by atoms with Crippen molar-refractivity contribution < 1.29 is 18.0 Å². The van der Waals surface area contributed by atoms with Crippen LogP contribution >= 0.6 is 0 Å². The molecule has 2 amide bonds. The summed E-state index contributed by atoms with van der Waals surface area (Å²) in [6.07, 6.45) is -2.78. The second kappa shape index (κ2) is 6.46. The van der Waals surface area contributed by atoms with E-state index in [1.165, 1.54) is 12.1 Å². The number of fused-ring (bicyclic) bond motifs is 1. The minimum atomic E-state index is -4.38. The normalized spacial score (nSPS) is 12.8. The first-order chi connectivity index (χ1) is 11.8. The van der Waals surface area contributed by atoms with Gasteiger partial charge in [-0.3, -0.25) is 5.10 Å². The van der Waals surface area contributed by atoms with E-state index in [0.29, 0.717) is 11.3 Å². The van der Waals surface area contributed by atoms with E-state index in [1.807, 2.05) is 6.07 Å². The van der Waals surface area contributed by atoms with Gasteiger partial charge >= 0.3 is 12.2 Å². The Kier molecular flexibility index (Phi) is 4.35. The molecule has 1 aromatic heterocycles. The fraction of sp³-hybridized carbons (Fsp3) is 0.176. The second-order valence-corrected chi connectivity index (χ2v) is 5.58. The average molecular weight is 348 g/mol. The number of anilines is 1. The predicted molar refractivity (Wildman–Crippen MR) is 88.1 cm³/mol. The number of benzene rings is 2. The Balaban J connectivity index is 1.67. The van der Waals surface area contributed by atoms with Gasteiger partial charge in [0.25, 0.3) is 0 Å². The number of carbonyl (C=O) groups excluding carboxylic acids is 1. The molecule has 8 heteroatoms. The summed E-state index contributed by atoms with van der Waals surface area (Å²) in [4.78, 5) is 12.2. The molecule has 0 radical (unpaired) electrons. The number of rotatable bonds is 3. The molecule has 5 nitrogen and oxygen atoms in total. The molecule has 0 saturated carbocycles. The first-order valence-corrected chi connectivity index (χ1v) is 7.51. The van der Waals surface area contributed by atoms with Crippen LogP contribution in [0.5, 0.6) is 0 Å². The van der Waals surface area contributed by atoms with Crippen molar-refractivity contribution in [3.8, 4) is 0 Å². The summed E-state index contributed by atoms with van der Waals surface area (Å²) in [6.45, 7) is 1.70. The van der Waals surface area contributed by atoms with E-state index in [-0.39, 0.29) is 0 Å². The smallest absolute Gasteiger partial charge is 0.331 e. The molecule has 1 atom stereocenters. The molecule has 0 saturated heterocycles. The molecule has 3 aromatic rings. The van der Waals surface area contributed by atoms with Crippen LogP contribution < -0.4 is 10.6 Å². The van der Waals surface area contributed by atoms with Gasteiger partial charge in [0.1, 0.15) is 0 Å². The molecule has 0 aliphatic heterocycles. The quantitative estimate of drug-likeness (QED) is 0.654. The standard InChI is InChI=1S/C17H15F3N4O/c1-10(11-5-7-12(8-6-11)17(18,19)20)22-16(25)23-14-3-2-4-15-13(14)9-21-24-15/h2-10H,1H3,(H,21,24)(H2,22,23,25)/t10-/m0/s1. The first kappa shape index (κ1) is 16.8. The van der Waals surface area contributed by atoms with Crippen LogP contribution in [0.2, 0.25) is 0 Å². The van der Waals surface area contributed by atoms with Crippen molar-refractivity contribution in [1.29, 1.82) is 0 Å². The summed E-state index contributed by atoms with van der Waals surface area (Å²) in [6, 6.07) is 9.13. The molecule has 3 N–H and O–H groups in total. The molecule has 0 spiro atoms. The van der Waals surface area contributed by atoms with Crippen LogP contribution in [0.1, 0.15) is 24.1 Å². The van der Waals surface area contributed by atoms with E-state index in [4.69, 9.17) is 0 Å². The van der Waals surface area contributed by atoms with Crippen molar-refractivity contribution in [2.45, 2.75) is 19.1 Å². The molecule has 0 bridgehead atoms. The molecule has 3 rings (SSSR count). The van der Waals surface area contributed by atoms with Crippen molar-refractivity contribution in [2.24, 2.45) is 0 Å². The summed E-state index contributed by atoms with van der Waals surface area (Å²) < 4.78 is 37.8. The number of urea groups is 1. The third kappa shape index (κ3) is 3.73. The number of aromatic amines is 1. The fourth-order valence-electron chi connectivity index (χ4n) is 2.48. The molecule has 0 aliphatic carbocycles. The van der Waals surface area contributed by atoms with Crippen molar-refractivity contribution in [2.75, 3.05) is 5.32 Å². The molecular weight excluding hydrogens is 333 g/mol. The van der Waals surface area contributed by atoms with Crippen LogP contribution in [-0.2, 0) is 6.18 Å². The van der Waals surface area contributed by atoms with E-state index in [1.54, 1.807) is 25.3 Å². The van der Waals surface area contributed by atoms with Crippen molar-refractivity contribution in [3.63, 3.8) is 0 Å². The minimum Gasteiger partial charge on any atom is -0.331 e. The predicted octanol–water partition coefficient (Wildman–Crippen LogP) is 4.46. The van der Waals surface area contributed by atoms with Crippen LogP contribution in [0.4, 0.5) is 23.7 Å². The van der Waals surface area contributed by atoms with Gasteiger partial charge in [-0.05, 0) is 36.8 Å². The lowest BCUT2D eigenvalue weighted by Gasteiger charge is -2.16. The Hall–Kier alpha value is -3.03. The van der Waals surface area contributed by atoms with Crippen LogP contribution in [0.25, 0.3) is 10.9 Å². The number of hydrogen-bond donors (Lipinski definition) is 3. The zero-order valence-corrected chi connectivity index (χ0v) is 13.2. The molecule has 25 heavy (non-hydrogen) atoms.